The van der Waals surface area contributed by atoms with Gasteiger partial charge < -0.3 is 11.1 Å². The van der Waals surface area contributed by atoms with Crippen LogP contribution in [0.1, 0.15) is 37.1 Å². The molecule has 0 amide bonds. The smallest absolute Gasteiger partial charge is 0.184 e. The predicted molar refractivity (Wildman–Crippen MR) is 110 cm³/mol. The van der Waals surface area contributed by atoms with Crippen LogP contribution >= 0.6 is 23.8 Å². The van der Waals surface area contributed by atoms with Gasteiger partial charge in [0, 0.05) is 47.0 Å². The van der Waals surface area contributed by atoms with E-state index in [1.54, 1.807) is 0 Å². The minimum atomic E-state index is 0.0912. The summed E-state index contributed by atoms with van der Waals surface area (Å²) < 4.78 is 0. The summed E-state index contributed by atoms with van der Waals surface area (Å²) in [5.74, 6) is 0.323. The molecule has 0 spiro atoms. The number of nitrogens with zero attached hydrogens (tertiary/aromatic N) is 2. The Morgan fingerprint density at radius 2 is 1.62 bits per heavy atom. The monoisotopic (exact) mass is 387 g/mol. The number of aromatic nitrogens is 1. The molecule has 4 N–H and O–H groups in total. The van der Waals surface area contributed by atoms with Crippen molar-refractivity contribution >= 4 is 34.6 Å². The first-order valence-electron chi connectivity index (χ1n) is 8.51. The van der Waals surface area contributed by atoms with Gasteiger partial charge in [-0.1, -0.05) is 37.6 Å². The van der Waals surface area contributed by atoms with E-state index in [0.717, 1.165) is 16.3 Å². The van der Waals surface area contributed by atoms with Crippen LogP contribution in [0, 0.1) is 11.8 Å². The highest BCUT2D eigenvalue weighted by Gasteiger charge is 2.38. The van der Waals surface area contributed by atoms with Crippen molar-refractivity contribution in [3.05, 3.63) is 64.9 Å². The average molecular weight is 388 g/mol. The quantitative estimate of drug-likeness (QED) is 0.554. The molecule has 1 aromatic carbocycles. The number of benzene rings is 1. The zero-order valence-corrected chi connectivity index (χ0v) is 16.3. The highest BCUT2D eigenvalue weighted by Crippen LogP contribution is 2.38. The summed E-state index contributed by atoms with van der Waals surface area (Å²) in [6, 6.07) is 12.2. The van der Waals surface area contributed by atoms with Crippen LogP contribution in [0.25, 0.3) is 0 Å². The van der Waals surface area contributed by atoms with Gasteiger partial charge in [-0.2, -0.15) is 5.10 Å². The first-order valence-corrected chi connectivity index (χ1v) is 9.30. The number of hydrazone groups is 1. The number of nitrogens with one attached hydrogen (secondary N) is 2. The van der Waals surface area contributed by atoms with E-state index in [1.807, 2.05) is 36.7 Å². The minimum absolute atomic E-state index is 0.0912. The van der Waals surface area contributed by atoms with Crippen molar-refractivity contribution in [3.63, 3.8) is 0 Å². The van der Waals surface area contributed by atoms with Gasteiger partial charge in [0.2, 0.25) is 0 Å². The van der Waals surface area contributed by atoms with Crippen LogP contribution in [0.15, 0.2) is 53.9 Å². The van der Waals surface area contributed by atoms with Crippen molar-refractivity contribution in [2.24, 2.45) is 22.7 Å². The summed E-state index contributed by atoms with van der Waals surface area (Å²) in [5.41, 5.74) is 11.7. The molecule has 2 heterocycles. The maximum absolute atomic E-state index is 6.06. The third-order valence-electron chi connectivity index (χ3n) is 4.88. The predicted octanol–water partition coefficient (Wildman–Crippen LogP) is 3.58. The summed E-state index contributed by atoms with van der Waals surface area (Å²) in [6.45, 7) is 4.32. The average Bonchev–Trinajstić information content (AvgIpc) is 2.63. The molecule has 3 rings (SSSR count). The molecular weight excluding hydrogens is 366 g/mol. The van der Waals surface area contributed by atoms with Gasteiger partial charge in [0.05, 0.1) is 0 Å². The fourth-order valence-electron chi connectivity index (χ4n) is 3.57. The van der Waals surface area contributed by atoms with Gasteiger partial charge in [0.1, 0.15) is 0 Å². The molecule has 1 aliphatic rings. The Kier molecular flexibility index (Phi) is 5.86. The van der Waals surface area contributed by atoms with E-state index >= 15 is 0 Å². The molecular formula is C19H22ClN5S. The lowest BCUT2D eigenvalue weighted by atomic mass is 9.76. The molecule has 1 aromatic heterocycles. The van der Waals surface area contributed by atoms with Crippen molar-refractivity contribution in [3.8, 4) is 0 Å². The molecule has 0 bridgehead atoms. The second-order valence-corrected chi connectivity index (χ2v) is 7.42. The standard InChI is InChI=1S/C19H22ClN5S/c1-11-16(24-25-19(21)26)12(2)18(14-7-9-22-10-8-14)23-17(11)13-3-5-15(20)6-4-13/h3-12,17-18,23H,1-2H3,(H3,21,25,26)/b24-16-. The van der Waals surface area contributed by atoms with Crippen LogP contribution in [0.5, 0.6) is 0 Å². The van der Waals surface area contributed by atoms with Crippen LogP contribution in [0.3, 0.4) is 0 Å². The van der Waals surface area contributed by atoms with Gasteiger partial charge >= 0.3 is 0 Å². The third-order valence-corrected chi connectivity index (χ3v) is 5.22. The van der Waals surface area contributed by atoms with Gasteiger partial charge in [-0.25, -0.2) is 0 Å². The molecule has 5 nitrogen and oxygen atoms in total. The third kappa shape index (κ3) is 4.03. The van der Waals surface area contributed by atoms with Crippen LogP contribution < -0.4 is 16.5 Å². The summed E-state index contributed by atoms with van der Waals surface area (Å²) in [4.78, 5) is 4.13. The lowest BCUT2D eigenvalue weighted by molar-refractivity contribution is 0.312. The van der Waals surface area contributed by atoms with Crippen molar-refractivity contribution in [1.82, 2.24) is 15.7 Å². The molecule has 0 radical (unpaired) electrons. The van der Waals surface area contributed by atoms with Crippen molar-refractivity contribution in [2.75, 3.05) is 0 Å². The Morgan fingerprint density at radius 3 is 2.15 bits per heavy atom. The van der Waals surface area contributed by atoms with Gasteiger partial charge in [0.15, 0.2) is 5.11 Å². The van der Waals surface area contributed by atoms with E-state index in [1.165, 1.54) is 5.56 Å². The number of nitrogens with two attached hydrogens (primary N) is 1. The van der Waals surface area contributed by atoms with Gasteiger partial charge in [-0.15, -0.1) is 0 Å². The highest BCUT2D eigenvalue weighted by atomic mass is 35.5. The normalized spacial score (nSPS) is 27.3. The summed E-state index contributed by atoms with van der Waals surface area (Å²) in [5, 5.41) is 9.20. The second-order valence-electron chi connectivity index (χ2n) is 6.54. The Hall–Kier alpha value is -2.02. The number of rotatable bonds is 3. The number of piperidine rings is 1. The summed E-state index contributed by atoms with van der Waals surface area (Å²) in [7, 11) is 0. The van der Waals surface area contributed by atoms with E-state index in [9.17, 15) is 0 Å². The topological polar surface area (TPSA) is 75.3 Å². The minimum Gasteiger partial charge on any atom is -0.375 e. The molecule has 7 heteroatoms. The lowest BCUT2D eigenvalue weighted by Crippen LogP contribution is -2.47. The van der Waals surface area contributed by atoms with Crippen molar-refractivity contribution in [1.29, 1.82) is 0 Å². The number of hydrogen-bond donors (Lipinski definition) is 3. The van der Waals surface area contributed by atoms with Crippen molar-refractivity contribution < 1.29 is 0 Å². The van der Waals surface area contributed by atoms with Gasteiger partial charge in [-0.05, 0) is 47.6 Å². The molecule has 26 heavy (non-hydrogen) atoms. The largest absolute Gasteiger partial charge is 0.375 e. The SMILES string of the molecule is CC1/C(=N\NC(N)=S)C(C)C(c2ccc(Cl)cc2)NC1c1ccncc1. The summed E-state index contributed by atoms with van der Waals surface area (Å²) >= 11 is 11.0. The van der Waals surface area contributed by atoms with Crippen LogP contribution in [-0.4, -0.2) is 15.8 Å². The number of halogens is 1. The Morgan fingerprint density at radius 1 is 1.08 bits per heavy atom. The van der Waals surface area contributed by atoms with E-state index in [-0.39, 0.29) is 29.0 Å². The molecule has 4 unspecified atom stereocenters. The Balaban J connectivity index is 2.00. The number of thiocarbonyl (C=S) groups is 1. The maximum Gasteiger partial charge on any atom is 0.184 e. The van der Waals surface area contributed by atoms with Crippen molar-refractivity contribution in [2.45, 2.75) is 25.9 Å². The van der Waals surface area contributed by atoms with Crippen LogP contribution in [0.4, 0.5) is 0 Å². The van der Waals surface area contributed by atoms with E-state index < -0.39 is 0 Å². The molecule has 136 valence electrons. The first-order chi connectivity index (χ1) is 12.5. The number of pyridine rings is 1. The van der Waals surface area contributed by atoms with E-state index in [4.69, 9.17) is 29.6 Å². The van der Waals surface area contributed by atoms with E-state index in [0.29, 0.717) is 0 Å². The fraction of sp³-hybridized carbons (Fsp3) is 0.316. The number of hydrogen-bond acceptors (Lipinski definition) is 4. The zero-order chi connectivity index (χ0) is 18.7. The van der Waals surface area contributed by atoms with Crippen LogP contribution in [0.2, 0.25) is 5.02 Å². The molecule has 1 saturated heterocycles. The molecule has 0 aliphatic carbocycles. The molecule has 2 aromatic rings. The maximum atomic E-state index is 6.06. The van der Waals surface area contributed by atoms with Gasteiger partial charge in [-0.3, -0.25) is 10.4 Å². The summed E-state index contributed by atoms with van der Waals surface area (Å²) in [6.07, 6.45) is 3.62. The molecule has 1 aliphatic heterocycles. The van der Waals surface area contributed by atoms with Crippen LogP contribution in [-0.2, 0) is 0 Å². The molecule has 0 saturated carbocycles. The van der Waals surface area contributed by atoms with Gasteiger partial charge in [0.25, 0.3) is 0 Å². The lowest BCUT2D eigenvalue weighted by Gasteiger charge is -2.41. The second kappa shape index (κ2) is 8.12. The molecule has 1 fully saturated rings. The first kappa shape index (κ1) is 18.8. The highest BCUT2D eigenvalue weighted by molar-refractivity contribution is 7.80. The zero-order valence-electron chi connectivity index (χ0n) is 14.7. The van der Waals surface area contributed by atoms with E-state index in [2.05, 4.69) is 46.8 Å². The Bertz CT molecular complexity index is 793. The molecule has 4 atom stereocenters. The Labute approximate surface area is 164 Å². The fourth-order valence-corrected chi connectivity index (χ4v) is 3.74.